The lowest BCUT2D eigenvalue weighted by Crippen LogP contribution is -2.40. The van der Waals surface area contributed by atoms with Crippen molar-refractivity contribution in [3.63, 3.8) is 0 Å². The molecule has 96 valence electrons. The van der Waals surface area contributed by atoms with Gasteiger partial charge in [0.05, 0.1) is 18.6 Å². The van der Waals surface area contributed by atoms with Crippen LogP contribution in [0, 0.1) is 22.6 Å². The van der Waals surface area contributed by atoms with Crippen molar-refractivity contribution in [3.8, 4) is 11.8 Å². The molecule has 1 fully saturated rings. The van der Waals surface area contributed by atoms with Crippen LogP contribution in [-0.2, 0) is 6.42 Å². The summed E-state index contributed by atoms with van der Waals surface area (Å²) in [6.45, 7) is 1.56. The van der Waals surface area contributed by atoms with Crippen molar-refractivity contribution in [2.24, 2.45) is 5.41 Å². The first-order valence-corrected chi connectivity index (χ1v) is 6.14. The van der Waals surface area contributed by atoms with Gasteiger partial charge in [0.15, 0.2) is 11.6 Å². The van der Waals surface area contributed by atoms with Crippen LogP contribution < -0.4 is 10.1 Å². The van der Waals surface area contributed by atoms with Crippen LogP contribution in [0.5, 0.6) is 5.75 Å². The van der Waals surface area contributed by atoms with Crippen molar-refractivity contribution < 1.29 is 9.13 Å². The van der Waals surface area contributed by atoms with Crippen LogP contribution in [0.15, 0.2) is 18.2 Å². The van der Waals surface area contributed by atoms with E-state index < -0.39 is 5.41 Å². The molecular formula is C14H17FN2O. The second kappa shape index (κ2) is 5.36. The normalized spacial score (nSPS) is 23.4. The van der Waals surface area contributed by atoms with Gasteiger partial charge in [-0.25, -0.2) is 4.39 Å². The largest absolute Gasteiger partial charge is 0.494 e. The Morgan fingerprint density at radius 1 is 1.56 bits per heavy atom. The number of ether oxygens (including phenoxy) is 1. The Balaban J connectivity index is 2.25. The van der Waals surface area contributed by atoms with E-state index in [-0.39, 0.29) is 11.6 Å². The number of piperidine rings is 1. The average Bonchev–Trinajstić information content (AvgIpc) is 2.42. The number of hydrogen-bond donors (Lipinski definition) is 1. The highest BCUT2D eigenvalue weighted by molar-refractivity contribution is 5.32. The van der Waals surface area contributed by atoms with E-state index in [4.69, 9.17) is 4.74 Å². The fourth-order valence-electron chi connectivity index (χ4n) is 2.47. The van der Waals surface area contributed by atoms with Crippen LogP contribution in [0.4, 0.5) is 4.39 Å². The number of halogens is 1. The van der Waals surface area contributed by atoms with Crippen molar-refractivity contribution in [2.75, 3.05) is 20.2 Å². The third-order valence-electron chi connectivity index (χ3n) is 3.50. The second-order valence-electron chi connectivity index (χ2n) is 4.78. The summed E-state index contributed by atoms with van der Waals surface area (Å²) in [5.74, 6) is -0.107. The van der Waals surface area contributed by atoms with Gasteiger partial charge in [-0.1, -0.05) is 12.1 Å². The highest BCUT2D eigenvalue weighted by Gasteiger charge is 2.33. The Bertz CT molecular complexity index is 461. The second-order valence-corrected chi connectivity index (χ2v) is 4.78. The summed E-state index contributed by atoms with van der Waals surface area (Å²) in [4.78, 5) is 0. The molecule has 1 aliphatic rings. The van der Waals surface area contributed by atoms with Crippen molar-refractivity contribution in [2.45, 2.75) is 19.3 Å². The lowest BCUT2D eigenvalue weighted by Gasteiger charge is -2.31. The Morgan fingerprint density at radius 3 is 3.00 bits per heavy atom. The maximum atomic E-state index is 14.1. The number of nitrogens with one attached hydrogen (secondary N) is 1. The molecule has 1 unspecified atom stereocenters. The predicted molar refractivity (Wildman–Crippen MR) is 66.8 cm³/mol. The molecule has 1 saturated heterocycles. The number of benzene rings is 1. The molecule has 0 radical (unpaired) electrons. The SMILES string of the molecule is COc1cccc(CC2(C#N)CCCNC2)c1F. The summed E-state index contributed by atoms with van der Waals surface area (Å²) in [6.07, 6.45) is 2.20. The molecule has 0 saturated carbocycles. The van der Waals surface area contributed by atoms with Crippen molar-refractivity contribution >= 4 is 0 Å². The zero-order valence-electron chi connectivity index (χ0n) is 10.5. The Labute approximate surface area is 107 Å². The molecule has 0 aromatic heterocycles. The fourth-order valence-corrected chi connectivity index (χ4v) is 2.47. The highest BCUT2D eigenvalue weighted by atomic mass is 19.1. The molecule has 0 spiro atoms. The molecule has 0 bridgehead atoms. The zero-order chi connectivity index (χ0) is 13.0. The molecule has 1 atom stereocenters. The third-order valence-corrected chi connectivity index (χ3v) is 3.50. The van der Waals surface area contributed by atoms with E-state index in [1.54, 1.807) is 18.2 Å². The van der Waals surface area contributed by atoms with Crippen molar-refractivity contribution in [1.82, 2.24) is 5.32 Å². The standard InChI is InChI=1S/C14H17FN2O/c1-18-12-5-2-4-11(13(12)15)8-14(9-16)6-3-7-17-10-14/h2,4-5,17H,3,6-8,10H2,1H3. The van der Waals surface area contributed by atoms with Gasteiger partial charge >= 0.3 is 0 Å². The van der Waals surface area contributed by atoms with Gasteiger partial charge < -0.3 is 10.1 Å². The first-order valence-electron chi connectivity index (χ1n) is 6.14. The van der Waals surface area contributed by atoms with Crippen LogP contribution >= 0.6 is 0 Å². The number of hydrogen-bond acceptors (Lipinski definition) is 3. The van der Waals surface area contributed by atoms with Gasteiger partial charge in [0.2, 0.25) is 0 Å². The lowest BCUT2D eigenvalue weighted by atomic mass is 9.77. The summed E-state index contributed by atoms with van der Waals surface area (Å²) >= 11 is 0. The minimum Gasteiger partial charge on any atom is -0.494 e. The molecule has 1 heterocycles. The van der Waals surface area contributed by atoms with Crippen LogP contribution in [0.2, 0.25) is 0 Å². The van der Waals surface area contributed by atoms with E-state index in [0.29, 0.717) is 18.5 Å². The molecule has 18 heavy (non-hydrogen) atoms. The van der Waals surface area contributed by atoms with E-state index in [0.717, 1.165) is 19.4 Å². The first-order chi connectivity index (χ1) is 8.71. The molecule has 2 rings (SSSR count). The average molecular weight is 248 g/mol. The number of rotatable bonds is 3. The Hall–Kier alpha value is -1.60. The molecular weight excluding hydrogens is 231 g/mol. The van der Waals surface area contributed by atoms with Gasteiger partial charge in [-0.3, -0.25) is 0 Å². The van der Waals surface area contributed by atoms with Gasteiger partial charge in [-0.2, -0.15) is 5.26 Å². The van der Waals surface area contributed by atoms with E-state index in [1.807, 2.05) is 0 Å². The van der Waals surface area contributed by atoms with Gasteiger partial charge in [0.25, 0.3) is 0 Å². The molecule has 0 aliphatic carbocycles. The maximum Gasteiger partial charge on any atom is 0.168 e. The molecule has 4 heteroatoms. The molecule has 1 aromatic carbocycles. The monoisotopic (exact) mass is 248 g/mol. The van der Waals surface area contributed by atoms with Gasteiger partial charge in [-0.15, -0.1) is 0 Å². The van der Waals surface area contributed by atoms with Crippen LogP contribution in [0.25, 0.3) is 0 Å². The van der Waals surface area contributed by atoms with E-state index >= 15 is 0 Å². The lowest BCUT2D eigenvalue weighted by molar-refractivity contribution is 0.281. The summed E-state index contributed by atoms with van der Waals surface area (Å²) < 4.78 is 19.0. The topological polar surface area (TPSA) is 45.0 Å². The fraction of sp³-hybridized carbons (Fsp3) is 0.500. The molecule has 1 aromatic rings. The van der Waals surface area contributed by atoms with Crippen LogP contribution in [-0.4, -0.2) is 20.2 Å². The van der Waals surface area contributed by atoms with E-state index in [1.165, 1.54) is 7.11 Å². The Morgan fingerprint density at radius 2 is 2.39 bits per heavy atom. The molecule has 3 nitrogen and oxygen atoms in total. The zero-order valence-corrected chi connectivity index (χ0v) is 10.5. The van der Waals surface area contributed by atoms with Crippen molar-refractivity contribution in [3.05, 3.63) is 29.6 Å². The molecule has 0 amide bonds. The van der Waals surface area contributed by atoms with E-state index in [9.17, 15) is 9.65 Å². The third kappa shape index (κ3) is 2.46. The van der Waals surface area contributed by atoms with Gasteiger partial charge in [0.1, 0.15) is 0 Å². The van der Waals surface area contributed by atoms with Crippen molar-refractivity contribution in [1.29, 1.82) is 5.26 Å². The number of nitriles is 1. The number of nitrogens with zero attached hydrogens (tertiary/aromatic N) is 1. The quantitative estimate of drug-likeness (QED) is 0.892. The summed E-state index contributed by atoms with van der Waals surface area (Å²) in [5, 5.41) is 12.6. The van der Waals surface area contributed by atoms with Gasteiger partial charge in [-0.05, 0) is 37.4 Å². The Kier molecular flexibility index (Phi) is 3.83. The molecule has 1 aliphatic heterocycles. The summed E-state index contributed by atoms with van der Waals surface area (Å²) in [7, 11) is 1.45. The predicted octanol–water partition coefficient (Wildman–Crippen LogP) is 2.27. The summed E-state index contributed by atoms with van der Waals surface area (Å²) in [6, 6.07) is 7.45. The van der Waals surface area contributed by atoms with E-state index in [2.05, 4.69) is 11.4 Å². The van der Waals surface area contributed by atoms with Crippen LogP contribution in [0.3, 0.4) is 0 Å². The van der Waals surface area contributed by atoms with Gasteiger partial charge in [0, 0.05) is 6.54 Å². The number of methoxy groups -OCH3 is 1. The smallest absolute Gasteiger partial charge is 0.168 e. The minimum atomic E-state index is -0.495. The highest BCUT2D eigenvalue weighted by Crippen LogP contribution is 2.32. The summed E-state index contributed by atoms with van der Waals surface area (Å²) in [5.41, 5.74) is 0.0606. The van der Waals surface area contributed by atoms with Crippen LogP contribution in [0.1, 0.15) is 18.4 Å². The first kappa shape index (κ1) is 12.8. The minimum absolute atomic E-state index is 0.240. The molecule has 1 N–H and O–H groups in total. The maximum absolute atomic E-state index is 14.1.